The average molecular weight is 343 g/mol. The normalized spacial score (nSPS) is 10.0. The van der Waals surface area contributed by atoms with Crippen LogP contribution < -0.4 is 20.1 Å². The van der Waals surface area contributed by atoms with Crippen molar-refractivity contribution in [2.45, 2.75) is 6.42 Å². The molecular formula is C18H21N3O4. The number of ether oxygens (including phenoxy) is 2. The van der Waals surface area contributed by atoms with Crippen LogP contribution in [0.5, 0.6) is 11.5 Å². The first-order valence-corrected chi connectivity index (χ1v) is 7.80. The number of carbonyl (C=O) groups excluding carboxylic acids is 2. The first-order valence-electron chi connectivity index (χ1n) is 7.80. The summed E-state index contributed by atoms with van der Waals surface area (Å²) < 4.78 is 10.4. The molecule has 7 nitrogen and oxygen atoms in total. The number of hydrogen-bond donors (Lipinski definition) is 2. The third-order valence-electron chi connectivity index (χ3n) is 3.52. The van der Waals surface area contributed by atoms with E-state index in [0.717, 1.165) is 5.56 Å². The Balaban J connectivity index is 1.74. The lowest BCUT2D eigenvalue weighted by atomic mass is 10.1. The number of amides is 2. The third-order valence-corrected chi connectivity index (χ3v) is 3.52. The van der Waals surface area contributed by atoms with Gasteiger partial charge in [0.25, 0.3) is 5.91 Å². The summed E-state index contributed by atoms with van der Waals surface area (Å²) in [5.41, 5.74) is 1.43. The van der Waals surface area contributed by atoms with Gasteiger partial charge < -0.3 is 20.1 Å². The van der Waals surface area contributed by atoms with Crippen LogP contribution in [0.3, 0.4) is 0 Å². The Morgan fingerprint density at radius 1 is 1.08 bits per heavy atom. The van der Waals surface area contributed by atoms with Crippen LogP contribution >= 0.6 is 0 Å². The number of methoxy groups -OCH3 is 2. The highest BCUT2D eigenvalue weighted by Gasteiger charge is 2.08. The standard InChI is InChI=1S/C18H21N3O4/c1-24-15-6-5-13(10-16(15)25-2)7-9-20-17(22)12-21-18(23)14-4-3-8-19-11-14/h3-6,8,10-11H,7,9,12H2,1-2H3,(H,20,22)(H,21,23). The van der Waals surface area contributed by atoms with E-state index in [1.165, 1.54) is 6.20 Å². The molecule has 25 heavy (non-hydrogen) atoms. The van der Waals surface area contributed by atoms with Crippen molar-refractivity contribution >= 4 is 11.8 Å². The summed E-state index contributed by atoms with van der Waals surface area (Å²) >= 11 is 0. The number of nitrogens with one attached hydrogen (secondary N) is 2. The van der Waals surface area contributed by atoms with Crippen LogP contribution in [0, 0.1) is 0 Å². The quantitative estimate of drug-likeness (QED) is 0.751. The lowest BCUT2D eigenvalue weighted by Crippen LogP contribution is -2.37. The van der Waals surface area contributed by atoms with Crippen LogP contribution in [0.25, 0.3) is 0 Å². The Kier molecular flexibility index (Phi) is 6.76. The average Bonchev–Trinajstić information content (AvgIpc) is 2.66. The van der Waals surface area contributed by atoms with Crippen molar-refractivity contribution in [3.63, 3.8) is 0 Å². The molecule has 0 aliphatic rings. The van der Waals surface area contributed by atoms with Crippen molar-refractivity contribution in [3.05, 3.63) is 53.9 Å². The molecule has 0 saturated carbocycles. The zero-order valence-electron chi connectivity index (χ0n) is 14.2. The van der Waals surface area contributed by atoms with E-state index in [4.69, 9.17) is 9.47 Å². The molecule has 2 rings (SSSR count). The lowest BCUT2D eigenvalue weighted by Gasteiger charge is -2.10. The number of benzene rings is 1. The van der Waals surface area contributed by atoms with Crippen molar-refractivity contribution in [1.29, 1.82) is 0 Å². The fraction of sp³-hybridized carbons (Fsp3) is 0.278. The predicted octanol–water partition coefficient (Wildman–Crippen LogP) is 1.19. The lowest BCUT2D eigenvalue weighted by molar-refractivity contribution is -0.120. The van der Waals surface area contributed by atoms with E-state index in [9.17, 15) is 9.59 Å². The molecule has 0 aliphatic carbocycles. The molecule has 0 fully saturated rings. The summed E-state index contributed by atoms with van der Waals surface area (Å²) in [5, 5.41) is 5.32. The van der Waals surface area contributed by atoms with E-state index in [1.807, 2.05) is 18.2 Å². The Hall–Kier alpha value is -3.09. The van der Waals surface area contributed by atoms with Crippen molar-refractivity contribution in [1.82, 2.24) is 15.6 Å². The van der Waals surface area contributed by atoms with Gasteiger partial charge in [-0.3, -0.25) is 14.6 Å². The molecule has 1 aromatic heterocycles. The van der Waals surface area contributed by atoms with Crippen molar-refractivity contribution in [3.8, 4) is 11.5 Å². The maximum absolute atomic E-state index is 11.8. The molecule has 0 radical (unpaired) electrons. The number of rotatable bonds is 8. The Bertz CT molecular complexity index is 720. The van der Waals surface area contributed by atoms with Gasteiger partial charge in [0, 0.05) is 18.9 Å². The Morgan fingerprint density at radius 2 is 1.88 bits per heavy atom. The summed E-state index contributed by atoms with van der Waals surface area (Å²) in [6.07, 6.45) is 3.67. The minimum atomic E-state index is -0.330. The second-order valence-electron chi connectivity index (χ2n) is 5.21. The highest BCUT2D eigenvalue weighted by molar-refractivity contribution is 5.96. The van der Waals surface area contributed by atoms with E-state index in [1.54, 1.807) is 32.5 Å². The molecule has 0 unspecified atom stereocenters. The first kappa shape index (κ1) is 18.3. The summed E-state index contributed by atoms with van der Waals surface area (Å²) in [6, 6.07) is 8.91. The monoisotopic (exact) mass is 343 g/mol. The summed E-state index contributed by atoms with van der Waals surface area (Å²) in [5.74, 6) is 0.726. The summed E-state index contributed by atoms with van der Waals surface area (Å²) in [4.78, 5) is 27.5. The second-order valence-corrected chi connectivity index (χ2v) is 5.21. The van der Waals surface area contributed by atoms with E-state index in [-0.39, 0.29) is 18.4 Å². The Morgan fingerprint density at radius 3 is 2.56 bits per heavy atom. The van der Waals surface area contributed by atoms with Gasteiger partial charge in [-0.05, 0) is 36.2 Å². The molecule has 2 N–H and O–H groups in total. The van der Waals surface area contributed by atoms with Crippen LogP contribution in [0.1, 0.15) is 15.9 Å². The number of carbonyl (C=O) groups is 2. The maximum Gasteiger partial charge on any atom is 0.253 e. The Labute approximate surface area is 146 Å². The molecule has 132 valence electrons. The molecule has 0 bridgehead atoms. The van der Waals surface area contributed by atoms with Crippen molar-refractivity contribution in [2.75, 3.05) is 27.3 Å². The third kappa shape index (κ3) is 5.49. The zero-order chi connectivity index (χ0) is 18.1. The summed E-state index contributed by atoms with van der Waals surface area (Å²) in [6.45, 7) is 0.372. The minimum absolute atomic E-state index is 0.0837. The molecule has 2 aromatic rings. The maximum atomic E-state index is 11.8. The molecule has 1 aromatic carbocycles. The van der Waals surface area contributed by atoms with Crippen LogP contribution in [0.2, 0.25) is 0 Å². The SMILES string of the molecule is COc1ccc(CCNC(=O)CNC(=O)c2cccnc2)cc1OC. The van der Waals surface area contributed by atoms with Gasteiger partial charge in [0.15, 0.2) is 11.5 Å². The van der Waals surface area contributed by atoms with Crippen LogP contribution in [-0.4, -0.2) is 44.1 Å². The first-order chi connectivity index (χ1) is 12.1. The van der Waals surface area contributed by atoms with Gasteiger partial charge in [-0.2, -0.15) is 0 Å². The number of hydrogen-bond acceptors (Lipinski definition) is 5. The second kappa shape index (κ2) is 9.27. The van der Waals surface area contributed by atoms with Gasteiger partial charge in [-0.15, -0.1) is 0 Å². The van der Waals surface area contributed by atoms with E-state index in [2.05, 4.69) is 15.6 Å². The van der Waals surface area contributed by atoms with Crippen LogP contribution in [0.4, 0.5) is 0 Å². The molecule has 0 spiro atoms. The van der Waals surface area contributed by atoms with Gasteiger partial charge in [-0.1, -0.05) is 6.07 Å². The van der Waals surface area contributed by atoms with E-state index in [0.29, 0.717) is 30.0 Å². The van der Waals surface area contributed by atoms with E-state index >= 15 is 0 Å². The number of nitrogens with zero attached hydrogens (tertiary/aromatic N) is 1. The molecule has 1 heterocycles. The van der Waals surface area contributed by atoms with Crippen LogP contribution in [0.15, 0.2) is 42.7 Å². The fourth-order valence-electron chi connectivity index (χ4n) is 2.20. The fourth-order valence-corrected chi connectivity index (χ4v) is 2.20. The highest BCUT2D eigenvalue weighted by atomic mass is 16.5. The van der Waals surface area contributed by atoms with Crippen molar-refractivity contribution in [2.24, 2.45) is 0 Å². The van der Waals surface area contributed by atoms with Gasteiger partial charge in [-0.25, -0.2) is 0 Å². The van der Waals surface area contributed by atoms with Gasteiger partial charge in [0.1, 0.15) is 0 Å². The molecule has 0 saturated heterocycles. The smallest absolute Gasteiger partial charge is 0.253 e. The summed E-state index contributed by atoms with van der Waals surface area (Å²) in [7, 11) is 3.16. The van der Waals surface area contributed by atoms with Crippen LogP contribution in [-0.2, 0) is 11.2 Å². The van der Waals surface area contributed by atoms with E-state index < -0.39 is 0 Å². The van der Waals surface area contributed by atoms with Crippen molar-refractivity contribution < 1.29 is 19.1 Å². The number of aromatic nitrogens is 1. The molecule has 7 heteroatoms. The largest absolute Gasteiger partial charge is 0.493 e. The molecule has 2 amide bonds. The number of pyridine rings is 1. The molecule has 0 aliphatic heterocycles. The predicted molar refractivity (Wildman–Crippen MR) is 92.8 cm³/mol. The zero-order valence-corrected chi connectivity index (χ0v) is 14.2. The minimum Gasteiger partial charge on any atom is -0.493 e. The van der Waals surface area contributed by atoms with Gasteiger partial charge in [0.05, 0.1) is 26.3 Å². The highest BCUT2D eigenvalue weighted by Crippen LogP contribution is 2.27. The molecular weight excluding hydrogens is 322 g/mol. The van der Waals surface area contributed by atoms with Gasteiger partial charge in [0.2, 0.25) is 5.91 Å². The van der Waals surface area contributed by atoms with Gasteiger partial charge >= 0.3 is 0 Å². The molecule has 0 atom stereocenters. The topological polar surface area (TPSA) is 89.6 Å².